The Balaban J connectivity index is 1.80. The molecule has 0 radical (unpaired) electrons. The normalized spacial score (nSPS) is 10.8. The number of hydrogen-bond acceptors (Lipinski definition) is 4. The van der Waals surface area contributed by atoms with Crippen LogP contribution in [0.15, 0.2) is 36.9 Å². The summed E-state index contributed by atoms with van der Waals surface area (Å²) in [6.07, 6.45) is 3.58. The number of carbonyl (C=O) groups is 1. The summed E-state index contributed by atoms with van der Waals surface area (Å²) in [5, 5.41) is 3.17. The Morgan fingerprint density at radius 2 is 2.00 bits per heavy atom. The lowest BCUT2D eigenvalue weighted by atomic mass is 10.2. The minimum absolute atomic E-state index is 0.000282. The fourth-order valence-corrected chi connectivity index (χ4v) is 2.28. The van der Waals surface area contributed by atoms with Crippen LogP contribution in [0.25, 0.3) is 11.2 Å². The Hall–Kier alpha value is -2.47. The highest BCUT2D eigenvalue weighted by molar-refractivity contribution is 6.33. The minimum atomic E-state index is -0.000282. The molecule has 6 nitrogen and oxygen atoms in total. The average molecular weight is 316 g/mol. The van der Waals surface area contributed by atoms with Gasteiger partial charge in [-0.05, 0) is 17.7 Å². The number of nitrogens with zero attached hydrogens (tertiary/aromatic N) is 4. The maximum atomic E-state index is 11.4. The van der Waals surface area contributed by atoms with Gasteiger partial charge in [0.2, 0.25) is 5.91 Å². The van der Waals surface area contributed by atoms with E-state index in [9.17, 15) is 4.79 Å². The molecule has 0 atom stereocenters. The van der Waals surface area contributed by atoms with Crippen LogP contribution < -0.4 is 5.32 Å². The summed E-state index contributed by atoms with van der Waals surface area (Å²) in [6, 6.07) is 7.67. The first-order valence-corrected chi connectivity index (χ1v) is 7.25. The third-order valence-corrected chi connectivity index (χ3v) is 3.54. The zero-order valence-corrected chi connectivity index (χ0v) is 12.7. The monoisotopic (exact) mass is 315 g/mol. The molecule has 0 aliphatic heterocycles. The van der Waals surface area contributed by atoms with Crippen LogP contribution in [0.3, 0.4) is 0 Å². The molecule has 112 valence electrons. The SMILES string of the molecule is CCC(=O)Nc1ccc(Cn2cnc3c(Cl)ncnc32)cc1. The summed E-state index contributed by atoms with van der Waals surface area (Å²) in [4.78, 5) is 23.7. The summed E-state index contributed by atoms with van der Waals surface area (Å²) in [5.41, 5.74) is 3.15. The fourth-order valence-electron chi connectivity index (χ4n) is 2.11. The molecule has 0 spiro atoms. The second-order valence-electron chi connectivity index (χ2n) is 4.81. The zero-order chi connectivity index (χ0) is 15.5. The van der Waals surface area contributed by atoms with Crippen LogP contribution in [0.2, 0.25) is 5.15 Å². The number of hydrogen-bond donors (Lipinski definition) is 1. The van der Waals surface area contributed by atoms with E-state index < -0.39 is 0 Å². The molecule has 2 heterocycles. The van der Waals surface area contributed by atoms with E-state index in [0.717, 1.165) is 11.3 Å². The first-order valence-electron chi connectivity index (χ1n) is 6.87. The smallest absolute Gasteiger partial charge is 0.224 e. The Morgan fingerprint density at radius 3 is 2.73 bits per heavy atom. The molecule has 1 aromatic carbocycles. The van der Waals surface area contributed by atoms with Crippen molar-refractivity contribution in [2.75, 3.05) is 5.32 Å². The van der Waals surface area contributed by atoms with Gasteiger partial charge in [-0.25, -0.2) is 15.0 Å². The van der Waals surface area contributed by atoms with Crippen molar-refractivity contribution in [1.82, 2.24) is 19.5 Å². The number of rotatable bonds is 4. The molecule has 3 rings (SSSR count). The fraction of sp³-hybridized carbons (Fsp3) is 0.200. The second kappa shape index (κ2) is 6.11. The van der Waals surface area contributed by atoms with Crippen LogP contribution in [-0.4, -0.2) is 25.4 Å². The number of aromatic nitrogens is 4. The van der Waals surface area contributed by atoms with Gasteiger partial charge in [0, 0.05) is 12.1 Å². The van der Waals surface area contributed by atoms with Crippen molar-refractivity contribution in [3.05, 3.63) is 47.6 Å². The number of amides is 1. The van der Waals surface area contributed by atoms with Crippen LogP contribution in [0.4, 0.5) is 5.69 Å². The molecule has 0 saturated carbocycles. The summed E-state index contributed by atoms with van der Waals surface area (Å²) < 4.78 is 1.91. The van der Waals surface area contributed by atoms with Crippen molar-refractivity contribution >= 4 is 34.4 Å². The maximum Gasteiger partial charge on any atom is 0.224 e. The predicted octanol–water partition coefficient (Wildman–Crippen LogP) is 2.88. The zero-order valence-electron chi connectivity index (χ0n) is 12.0. The highest BCUT2D eigenvalue weighted by Gasteiger charge is 2.08. The van der Waals surface area contributed by atoms with Gasteiger partial charge in [0.25, 0.3) is 0 Å². The first-order chi connectivity index (χ1) is 10.7. The van der Waals surface area contributed by atoms with E-state index in [1.807, 2.05) is 35.8 Å². The van der Waals surface area contributed by atoms with Gasteiger partial charge in [0.05, 0.1) is 12.9 Å². The topological polar surface area (TPSA) is 72.7 Å². The van der Waals surface area contributed by atoms with Gasteiger partial charge in [-0.3, -0.25) is 4.79 Å². The standard InChI is InChI=1S/C15H14ClN5O/c1-2-12(22)20-11-5-3-10(4-6-11)7-21-9-19-13-14(16)17-8-18-15(13)21/h3-6,8-9H,2,7H2,1H3,(H,20,22). The van der Waals surface area contributed by atoms with Crippen LogP contribution >= 0.6 is 11.6 Å². The van der Waals surface area contributed by atoms with Crippen LogP contribution in [-0.2, 0) is 11.3 Å². The molecule has 3 aromatic rings. The van der Waals surface area contributed by atoms with Crippen molar-refractivity contribution < 1.29 is 4.79 Å². The summed E-state index contributed by atoms with van der Waals surface area (Å²) in [6.45, 7) is 2.44. The highest BCUT2D eigenvalue weighted by atomic mass is 35.5. The van der Waals surface area contributed by atoms with E-state index in [1.54, 1.807) is 6.33 Å². The highest BCUT2D eigenvalue weighted by Crippen LogP contribution is 2.18. The van der Waals surface area contributed by atoms with Crippen molar-refractivity contribution in [3.63, 3.8) is 0 Å². The molecular weight excluding hydrogens is 302 g/mol. The lowest BCUT2D eigenvalue weighted by Crippen LogP contribution is -2.09. The van der Waals surface area contributed by atoms with E-state index >= 15 is 0 Å². The average Bonchev–Trinajstić information content (AvgIpc) is 2.94. The maximum absolute atomic E-state index is 11.4. The first kappa shape index (κ1) is 14.5. The van der Waals surface area contributed by atoms with Gasteiger partial charge in [0.15, 0.2) is 10.8 Å². The Kier molecular flexibility index (Phi) is 4.02. The Bertz CT molecular complexity index is 812. The van der Waals surface area contributed by atoms with E-state index in [-0.39, 0.29) is 5.91 Å². The van der Waals surface area contributed by atoms with Gasteiger partial charge < -0.3 is 9.88 Å². The van der Waals surface area contributed by atoms with Gasteiger partial charge in [-0.1, -0.05) is 30.7 Å². The van der Waals surface area contributed by atoms with E-state index in [4.69, 9.17) is 11.6 Å². The van der Waals surface area contributed by atoms with E-state index in [1.165, 1.54) is 6.33 Å². The third-order valence-electron chi connectivity index (χ3n) is 3.27. The second-order valence-corrected chi connectivity index (χ2v) is 5.17. The van der Waals surface area contributed by atoms with E-state index in [0.29, 0.717) is 29.3 Å². The quantitative estimate of drug-likeness (QED) is 0.751. The van der Waals surface area contributed by atoms with Gasteiger partial charge in [-0.15, -0.1) is 0 Å². The van der Waals surface area contributed by atoms with Crippen LogP contribution in [0, 0.1) is 0 Å². The van der Waals surface area contributed by atoms with Gasteiger partial charge in [0.1, 0.15) is 11.8 Å². The molecule has 0 saturated heterocycles. The number of benzene rings is 1. The molecule has 2 aromatic heterocycles. The number of carbonyl (C=O) groups excluding carboxylic acids is 1. The number of fused-ring (bicyclic) bond motifs is 1. The minimum Gasteiger partial charge on any atom is -0.326 e. The number of halogens is 1. The number of imidazole rings is 1. The van der Waals surface area contributed by atoms with Crippen LogP contribution in [0.1, 0.15) is 18.9 Å². The van der Waals surface area contributed by atoms with Crippen molar-refractivity contribution in [3.8, 4) is 0 Å². The van der Waals surface area contributed by atoms with Crippen molar-refractivity contribution in [2.45, 2.75) is 19.9 Å². The lowest BCUT2D eigenvalue weighted by Gasteiger charge is -2.07. The number of nitrogens with one attached hydrogen (secondary N) is 1. The van der Waals surface area contributed by atoms with Crippen LogP contribution in [0.5, 0.6) is 0 Å². The van der Waals surface area contributed by atoms with Crippen molar-refractivity contribution in [2.24, 2.45) is 0 Å². The predicted molar refractivity (Wildman–Crippen MR) is 84.8 cm³/mol. The molecular formula is C15H14ClN5O. The third kappa shape index (κ3) is 2.92. The molecule has 7 heteroatoms. The molecule has 1 N–H and O–H groups in total. The van der Waals surface area contributed by atoms with Gasteiger partial charge in [-0.2, -0.15) is 0 Å². The molecule has 0 fully saturated rings. The Labute approximate surface area is 132 Å². The molecule has 0 aliphatic rings. The molecule has 0 aliphatic carbocycles. The van der Waals surface area contributed by atoms with E-state index in [2.05, 4.69) is 20.3 Å². The summed E-state index contributed by atoms with van der Waals surface area (Å²) in [7, 11) is 0. The molecule has 0 bridgehead atoms. The lowest BCUT2D eigenvalue weighted by molar-refractivity contribution is -0.115. The summed E-state index contributed by atoms with van der Waals surface area (Å²) >= 11 is 5.99. The Morgan fingerprint density at radius 1 is 1.23 bits per heavy atom. The summed E-state index contributed by atoms with van der Waals surface area (Å²) in [5.74, 6) is -0.000282. The number of anilines is 1. The largest absolute Gasteiger partial charge is 0.326 e. The molecule has 0 unspecified atom stereocenters. The molecule has 22 heavy (non-hydrogen) atoms. The molecule has 1 amide bonds. The van der Waals surface area contributed by atoms with Gasteiger partial charge >= 0.3 is 0 Å². The van der Waals surface area contributed by atoms with Crippen molar-refractivity contribution in [1.29, 1.82) is 0 Å².